The van der Waals surface area contributed by atoms with Gasteiger partial charge in [0, 0.05) is 44.2 Å². The van der Waals surface area contributed by atoms with Crippen LogP contribution in [-0.2, 0) is 6.42 Å². The van der Waals surface area contributed by atoms with Crippen LogP contribution in [-0.4, -0.2) is 63.6 Å². The van der Waals surface area contributed by atoms with Gasteiger partial charge in [-0.1, -0.05) is 17.3 Å². The van der Waals surface area contributed by atoms with Gasteiger partial charge >= 0.3 is 0 Å². The van der Waals surface area contributed by atoms with Gasteiger partial charge in [-0.15, -0.1) is 0 Å². The van der Waals surface area contributed by atoms with Gasteiger partial charge in [0.05, 0.1) is 26.5 Å². The number of anilines is 1. The summed E-state index contributed by atoms with van der Waals surface area (Å²) in [5.41, 5.74) is 2.96. The van der Waals surface area contributed by atoms with Gasteiger partial charge in [0.2, 0.25) is 0 Å². The standard InChI is InChI=1S/C26H33N3O4/c1-4-32-24-10-6-5-9-23(24)29-16-14-28(15-17-29)13-7-8-21-19-22(27-33-21)20-11-12-25(30-2)26(18-20)31-3/h5-6,9-12,18-19H,4,7-8,13-17H2,1-3H3. The van der Waals surface area contributed by atoms with Gasteiger partial charge in [0.25, 0.3) is 0 Å². The number of aryl methyl sites for hydroxylation is 1. The monoisotopic (exact) mass is 451 g/mol. The maximum absolute atomic E-state index is 5.80. The lowest BCUT2D eigenvalue weighted by atomic mass is 10.1. The highest BCUT2D eigenvalue weighted by Gasteiger charge is 2.19. The van der Waals surface area contributed by atoms with Crippen molar-refractivity contribution in [1.82, 2.24) is 10.1 Å². The van der Waals surface area contributed by atoms with Crippen molar-refractivity contribution in [3.63, 3.8) is 0 Å². The summed E-state index contributed by atoms with van der Waals surface area (Å²) in [6.45, 7) is 7.88. The van der Waals surface area contributed by atoms with E-state index in [1.54, 1.807) is 14.2 Å². The summed E-state index contributed by atoms with van der Waals surface area (Å²) in [4.78, 5) is 4.94. The minimum Gasteiger partial charge on any atom is -0.493 e. The number of hydrogen-bond donors (Lipinski definition) is 0. The van der Waals surface area contributed by atoms with Crippen LogP contribution in [0.5, 0.6) is 17.2 Å². The molecule has 1 fully saturated rings. The van der Waals surface area contributed by atoms with Crippen molar-refractivity contribution < 1.29 is 18.7 Å². The summed E-state index contributed by atoms with van der Waals surface area (Å²) < 4.78 is 22.1. The normalized spacial score (nSPS) is 14.3. The highest BCUT2D eigenvalue weighted by molar-refractivity contribution is 5.64. The molecule has 0 atom stereocenters. The number of piperazine rings is 1. The van der Waals surface area contributed by atoms with E-state index in [0.717, 1.165) is 68.3 Å². The van der Waals surface area contributed by atoms with Gasteiger partial charge in [-0.25, -0.2) is 0 Å². The summed E-state index contributed by atoms with van der Waals surface area (Å²) in [7, 11) is 3.26. The van der Waals surface area contributed by atoms with Crippen LogP contribution in [0.15, 0.2) is 53.1 Å². The van der Waals surface area contributed by atoms with Gasteiger partial charge in [-0.3, -0.25) is 4.90 Å². The molecule has 0 saturated carbocycles. The van der Waals surface area contributed by atoms with Gasteiger partial charge in [-0.05, 0) is 50.2 Å². The van der Waals surface area contributed by atoms with Crippen molar-refractivity contribution in [2.75, 3.05) is 58.5 Å². The van der Waals surface area contributed by atoms with Crippen LogP contribution in [0.1, 0.15) is 19.1 Å². The first-order chi connectivity index (χ1) is 16.2. The molecule has 1 aromatic heterocycles. The van der Waals surface area contributed by atoms with Crippen LogP contribution in [0, 0.1) is 0 Å². The van der Waals surface area contributed by atoms with E-state index in [9.17, 15) is 0 Å². The number of rotatable bonds is 10. The van der Waals surface area contributed by atoms with Gasteiger partial charge in [0.15, 0.2) is 11.5 Å². The van der Waals surface area contributed by atoms with Crippen LogP contribution in [0.3, 0.4) is 0 Å². The summed E-state index contributed by atoms with van der Waals surface area (Å²) >= 11 is 0. The molecule has 2 heterocycles. The van der Waals surface area contributed by atoms with E-state index in [1.165, 1.54) is 5.69 Å². The molecule has 7 heteroatoms. The minimum atomic E-state index is 0.683. The molecule has 2 aromatic carbocycles. The molecule has 0 N–H and O–H groups in total. The Morgan fingerprint density at radius 2 is 1.70 bits per heavy atom. The Morgan fingerprint density at radius 1 is 0.909 bits per heavy atom. The summed E-state index contributed by atoms with van der Waals surface area (Å²) in [5, 5.41) is 4.25. The molecule has 0 bridgehead atoms. The number of methoxy groups -OCH3 is 2. The number of hydrogen-bond acceptors (Lipinski definition) is 7. The fourth-order valence-corrected chi connectivity index (χ4v) is 4.25. The maximum atomic E-state index is 5.80. The first-order valence-electron chi connectivity index (χ1n) is 11.6. The van der Waals surface area contributed by atoms with E-state index < -0.39 is 0 Å². The smallest absolute Gasteiger partial charge is 0.161 e. The molecule has 0 radical (unpaired) electrons. The quantitative estimate of drug-likeness (QED) is 0.449. The van der Waals surface area contributed by atoms with Crippen LogP contribution in [0.2, 0.25) is 0 Å². The van der Waals surface area contributed by atoms with E-state index in [4.69, 9.17) is 18.7 Å². The van der Waals surface area contributed by atoms with Crippen LogP contribution in [0.25, 0.3) is 11.3 Å². The van der Waals surface area contributed by atoms with E-state index in [0.29, 0.717) is 18.1 Å². The average molecular weight is 452 g/mol. The molecule has 0 amide bonds. The Morgan fingerprint density at radius 3 is 2.45 bits per heavy atom. The summed E-state index contributed by atoms with van der Waals surface area (Å²) in [6, 6.07) is 16.1. The van der Waals surface area contributed by atoms with Crippen molar-refractivity contribution in [3.05, 3.63) is 54.3 Å². The van der Waals surface area contributed by atoms with Crippen LogP contribution >= 0.6 is 0 Å². The van der Waals surface area contributed by atoms with Crippen molar-refractivity contribution >= 4 is 5.69 Å². The van der Waals surface area contributed by atoms with E-state index in [2.05, 4.69) is 33.2 Å². The third-order valence-electron chi connectivity index (χ3n) is 6.01. The lowest BCUT2D eigenvalue weighted by molar-refractivity contribution is 0.250. The average Bonchev–Trinajstić information content (AvgIpc) is 3.33. The summed E-state index contributed by atoms with van der Waals surface area (Å²) in [6.07, 6.45) is 1.91. The second kappa shape index (κ2) is 11.1. The third-order valence-corrected chi connectivity index (χ3v) is 6.01. The molecule has 7 nitrogen and oxygen atoms in total. The topological polar surface area (TPSA) is 60.2 Å². The molecule has 176 valence electrons. The molecule has 0 aliphatic carbocycles. The fourth-order valence-electron chi connectivity index (χ4n) is 4.25. The van der Waals surface area contributed by atoms with Gasteiger partial charge < -0.3 is 23.6 Å². The molecule has 1 saturated heterocycles. The second-order valence-corrected chi connectivity index (χ2v) is 8.08. The van der Waals surface area contributed by atoms with E-state index >= 15 is 0 Å². The fraction of sp³-hybridized carbons (Fsp3) is 0.423. The Bertz CT molecular complexity index is 1030. The molecule has 3 aromatic rings. The first-order valence-corrected chi connectivity index (χ1v) is 11.6. The van der Waals surface area contributed by atoms with Crippen molar-refractivity contribution in [2.24, 2.45) is 0 Å². The number of ether oxygens (including phenoxy) is 3. The molecular weight excluding hydrogens is 418 g/mol. The number of nitrogens with zero attached hydrogens (tertiary/aromatic N) is 3. The second-order valence-electron chi connectivity index (χ2n) is 8.08. The molecule has 1 aliphatic rings. The van der Waals surface area contributed by atoms with Gasteiger partial charge in [0.1, 0.15) is 17.2 Å². The Labute approximate surface area is 195 Å². The van der Waals surface area contributed by atoms with Crippen molar-refractivity contribution in [1.29, 1.82) is 0 Å². The first kappa shape index (κ1) is 23.0. The number of benzene rings is 2. The van der Waals surface area contributed by atoms with Crippen molar-refractivity contribution in [2.45, 2.75) is 19.8 Å². The Hall–Kier alpha value is -3.19. The molecule has 0 unspecified atom stereocenters. The van der Waals surface area contributed by atoms with Crippen molar-refractivity contribution in [3.8, 4) is 28.5 Å². The highest BCUT2D eigenvalue weighted by atomic mass is 16.5. The molecular formula is C26H33N3O4. The molecule has 0 spiro atoms. The maximum Gasteiger partial charge on any atom is 0.161 e. The van der Waals surface area contributed by atoms with E-state index in [1.807, 2.05) is 37.3 Å². The number of aromatic nitrogens is 1. The highest BCUT2D eigenvalue weighted by Crippen LogP contribution is 2.32. The Balaban J connectivity index is 1.26. The van der Waals surface area contributed by atoms with Crippen LogP contribution in [0.4, 0.5) is 5.69 Å². The number of para-hydroxylation sites is 2. The zero-order valence-corrected chi connectivity index (χ0v) is 19.8. The molecule has 1 aliphatic heterocycles. The largest absolute Gasteiger partial charge is 0.493 e. The molecule has 33 heavy (non-hydrogen) atoms. The van der Waals surface area contributed by atoms with Crippen LogP contribution < -0.4 is 19.1 Å². The lowest BCUT2D eigenvalue weighted by Crippen LogP contribution is -2.46. The zero-order valence-electron chi connectivity index (χ0n) is 19.8. The zero-order chi connectivity index (χ0) is 23.0. The predicted molar refractivity (Wildman–Crippen MR) is 130 cm³/mol. The van der Waals surface area contributed by atoms with Gasteiger partial charge in [-0.2, -0.15) is 0 Å². The molecule has 4 rings (SSSR count). The minimum absolute atomic E-state index is 0.683. The predicted octanol–water partition coefficient (Wildman–Crippen LogP) is 4.51. The van der Waals surface area contributed by atoms with E-state index in [-0.39, 0.29) is 0 Å². The third kappa shape index (κ3) is 5.60. The lowest BCUT2D eigenvalue weighted by Gasteiger charge is -2.36. The SMILES string of the molecule is CCOc1ccccc1N1CCN(CCCc2cc(-c3ccc(OC)c(OC)c3)no2)CC1. The summed E-state index contributed by atoms with van der Waals surface area (Å²) in [5.74, 6) is 3.27. The Kier molecular flexibility index (Phi) is 7.73.